The van der Waals surface area contributed by atoms with Gasteiger partial charge in [0.1, 0.15) is 11.9 Å². The number of ketones is 1. The number of carbonyl (C=O) groups is 3. The van der Waals surface area contributed by atoms with Crippen LogP contribution in [0.4, 0.5) is 0 Å². The second kappa shape index (κ2) is 4.38. The quantitative estimate of drug-likeness (QED) is 0.441. The van der Waals surface area contributed by atoms with Gasteiger partial charge in [-0.15, -0.1) is 0 Å². The van der Waals surface area contributed by atoms with Crippen molar-refractivity contribution in [2.24, 2.45) is 11.8 Å². The van der Waals surface area contributed by atoms with E-state index in [0.717, 1.165) is 25.5 Å². The molecule has 3 fully saturated rings. The van der Waals surface area contributed by atoms with E-state index >= 15 is 0 Å². The number of fused-ring (bicyclic) bond motifs is 1. The van der Waals surface area contributed by atoms with Gasteiger partial charge in [0, 0.05) is 12.3 Å². The molecule has 0 aromatic rings. The molecule has 1 saturated carbocycles. The lowest BCUT2D eigenvalue weighted by atomic mass is 9.78. The highest BCUT2D eigenvalue weighted by molar-refractivity contribution is 6.11. The molecule has 5 heteroatoms. The summed E-state index contributed by atoms with van der Waals surface area (Å²) >= 11 is 0. The van der Waals surface area contributed by atoms with Gasteiger partial charge in [-0.05, 0) is 40.0 Å². The highest BCUT2D eigenvalue weighted by atomic mass is 16.6. The Bertz CT molecular complexity index is 505. The zero-order valence-corrected chi connectivity index (χ0v) is 12.8. The molecule has 0 amide bonds. The van der Waals surface area contributed by atoms with Gasteiger partial charge in [0.15, 0.2) is 5.78 Å². The van der Waals surface area contributed by atoms with Crippen LogP contribution in [0, 0.1) is 11.8 Å². The lowest BCUT2D eigenvalue weighted by molar-refractivity contribution is -0.203. The minimum Gasteiger partial charge on any atom is -0.457 e. The molecule has 3 aliphatic rings. The van der Waals surface area contributed by atoms with Crippen LogP contribution in [0.15, 0.2) is 0 Å². The Morgan fingerprint density at radius 2 is 2.10 bits per heavy atom. The highest BCUT2D eigenvalue weighted by Crippen LogP contribution is 2.60. The van der Waals surface area contributed by atoms with Crippen LogP contribution in [0.25, 0.3) is 0 Å². The third-order valence-corrected chi connectivity index (χ3v) is 5.10. The fourth-order valence-electron chi connectivity index (χ4n) is 4.33. The number of hydrogen-bond donors (Lipinski definition) is 0. The van der Waals surface area contributed by atoms with E-state index in [4.69, 9.17) is 9.47 Å². The van der Waals surface area contributed by atoms with E-state index in [0.29, 0.717) is 12.8 Å². The van der Waals surface area contributed by atoms with Gasteiger partial charge < -0.3 is 14.3 Å². The molecule has 1 spiro atoms. The summed E-state index contributed by atoms with van der Waals surface area (Å²) in [7, 11) is 0. The molecule has 2 heterocycles. The summed E-state index contributed by atoms with van der Waals surface area (Å²) in [4.78, 5) is 36.9. The number of hydrogen-bond acceptors (Lipinski definition) is 5. The first-order chi connectivity index (χ1) is 9.75. The Labute approximate surface area is 124 Å². The van der Waals surface area contributed by atoms with Gasteiger partial charge in [-0.3, -0.25) is 4.79 Å². The maximum Gasteiger partial charge on any atom is 0.347 e. The minimum absolute atomic E-state index is 0.0334. The van der Waals surface area contributed by atoms with Crippen molar-refractivity contribution in [2.75, 3.05) is 0 Å². The van der Waals surface area contributed by atoms with Crippen LogP contribution >= 0.6 is 0 Å². The van der Waals surface area contributed by atoms with E-state index in [2.05, 4.69) is 0 Å². The number of rotatable bonds is 2. The highest BCUT2D eigenvalue weighted by Gasteiger charge is 2.73. The van der Waals surface area contributed by atoms with Crippen molar-refractivity contribution < 1.29 is 23.9 Å². The van der Waals surface area contributed by atoms with Crippen LogP contribution in [0.3, 0.4) is 0 Å². The molecule has 4 atom stereocenters. The van der Waals surface area contributed by atoms with Crippen LogP contribution in [-0.4, -0.2) is 34.8 Å². The smallest absolute Gasteiger partial charge is 0.347 e. The largest absolute Gasteiger partial charge is 0.457 e. The van der Waals surface area contributed by atoms with Crippen LogP contribution in [-0.2, 0) is 23.9 Å². The van der Waals surface area contributed by atoms with Gasteiger partial charge in [0.2, 0.25) is 5.60 Å². The first-order valence-corrected chi connectivity index (χ1v) is 7.67. The Balaban J connectivity index is 2.03. The third-order valence-electron chi connectivity index (χ3n) is 5.10. The van der Waals surface area contributed by atoms with E-state index in [1.807, 2.05) is 0 Å². The van der Waals surface area contributed by atoms with Gasteiger partial charge in [-0.1, -0.05) is 6.42 Å². The number of esters is 1. The molecule has 0 radical (unpaired) electrons. The molecule has 21 heavy (non-hydrogen) atoms. The Morgan fingerprint density at radius 1 is 1.38 bits per heavy atom. The SMILES string of the molecule is CC(C)(C)OC(=O)[C@@]12O[C@]3(CCC[C@H]3[C@@H]1C=O)CCC2=O. The molecule has 116 valence electrons. The predicted octanol–water partition coefficient (Wildman–Crippen LogP) is 1.81. The molecule has 3 rings (SSSR count). The minimum atomic E-state index is -1.70. The zero-order chi connectivity index (χ0) is 15.5. The van der Waals surface area contributed by atoms with Gasteiger partial charge in [-0.25, -0.2) is 4.79 Å². The van der Waals surface area contributed by atoms with Crippen molar-refractivity contribution in [1.29, 1.82) is 0 Å². The van der Waals surface area contributed by atoms with Crippen molar-refractivity contribution >= 4 is 18.0 Å². The maximum atomic E-state index is 12.7. The van der Waals surface area contributed by atoms with E-state index in [-0.39, 0.29) is 11.7 Å². The molecule has 1 aliphatic carbocycles. The first-order valence-electron chi connectivity index (χ1n) is 7.67. The molecule has 5 nitrogen and oxygen atoms in total. The molecule has 0 aromatic carbocycles. The third kappa shape index (κ3) is 1.90. The van der Waals surface area contributed by atoms with Gasteiger partial charge in [0.05, 0.1) is 11.5 Å². The van der Waals surface area contributed by atoms with E-state index in [1.165, 1.54) is 0 Å². The Kier molecular flexibility index (Phi) is 3.07. The number of carbonyl (C=O) groups excluding carboxylic acids is 3. The van der Waals surface area contributed by atoms with Crippen molar-refractivity contribution in [3.8, 4) is 0 Å². The molecular formula is C16H22O5. The van der Waals surface area contributed by atoms with Crippen molar-refractivity contribution in [3.05, 3.63) is 0 Å². The molecule has 0 N–H and O–H groups in total. The summed E-state index contributed by atoms with van der Waals surface area (Å²) in [6.45, 7) is 5.24. The molecule has 2 bridgehead atoms. The van der Waals surface area contributed by atoms with Gasteiger partial charge >= 0.3 is 5.97 Å². The summed E-state index contributed by atoms with van der Waals surface area (Å²) in [6.07, 6.45) is 4.28. The van der Waals surface area contributed by atoms with Crippen molar-refractivity contribution in [2.45, 2.75) is 69.7 Å². The molecule has 2 aliphatic heterocycles. The topological polar surface area (TPSA) is 69.7 Å². The Morgan fingerprint density at radius 3 is 2.71 bits per heavy atom. The van der Waals surface area contributed by atoms with Crippen LogP contribution < -0.4 is 0 Å². The summed E-state index contributed by atoms with van der Waals surface area (Å²) < 4.78 is 11.5. The molecule has 0 unspecified atom stereocenters. The second-order valence-corrected chi connectivity index (χ2v) is 7.49. The predicted molar refractivity (Wildman–Crippen MR) is 73.5 cm³/mol. The Hall–Kier alpha value is -1.23. The lowest BCUT2D eigenvalue weighted by Gasteiger charge is -2.38. The zero-order valence-electron chi connectivity index (χ0n) is 12.8. The lowest BCUT2D eigenvalue weighted by Crippen LogP contribution is -2.57. The van der Waals surface area contributed by atoms with Gasteiger partial charge in [0.25, 0.3) is 0 Å². The molecule has 0 aromatic heterocycles. The summed E-state index contributed by atoms with van der Waals surface area (Å²) in [6, 6.07) is 0. The number of aldehydes is 1. The van der Waals surface area contributed by atoms with Crippen LogP contribution in [0.1, 0.15) is 52.9 Å². The normalized spacial score (nSPS) is 41.8. The van der Waals surface area contributed by atoms with Crippen LogP contribution in [0.2, 0.25) is 0 Å². The first kappa shape index (κ1) is 14.7. The number of Topliss-reactive ketones (excluding diaryl/α,β-unsaturated/α-hetero) is 1. The fourth-order valence-corrected chi connectivity index (χ4v) is 4.33. The molecular weight excluding hydrogens is 272 g/mol. The average molecular weight is 294 g/mol. The summed E-state index contributed by atoms with van der Waals surface area (Å²) in [5, 5.41) is 0. The average Bonchev–Trinajstić information content (AvgIpc) is 2.84. The standard InChI is InChI=1S/C16H22O5/c1-14(2,3)20-13(19)16-11(9-17)10-5-4-7-15(10,21-16)8-6-12(16)18/h9-11H,4-8H2,1-3H3/t10-,11-,15+,16+/m0/s1. The maximum absolute atomic E-state index is 12.7. The van der Waals surface area contributed by atoms with Crippen LogP contribution in [0.5, 0.6) is 0 Å². The summed E-state index contributed by atoms with van der Waals surface area (Å²) in [5.41, 5.74) is -2.89. The van der Waals surface area contributed by atoms with Gasteiger partial charge in [-0.2, -0.15) is 0 Å². The molecule has 2 saturated heterocycles. The second-order valence-electron chi connectivity index (χ2n) is 7.49. The fraction of sp³-hybridized carbons (Fsp3) is 0.812. The summed E-state index contributed by atoms with van der Waals surface area (Å²) in [5.74, 6) is -1.72. The number of ether oxygens (including phenoxy) is 2. The van der Waals surface area contributed by atoms with Crippen molar-refractivity contribution in [1.82, 2.24) is 0 Å². The van der Waals surface area contributed by atoms with E-state index < -0.39 is 28.7 Å². The van der Waals surface area contributed by atoms with E-state index in [1.54, 1.807) is 20.8 Å². The monoisotopic (exact) mass is 294 g/mol. The van der Waals surface area contributed by atoms with Crippen molar-refractivity contribution in [3.63, 3.8) is 0 Å². The van der Waals surface area contributed by atoms with E-state index in [9.17, 15) is 14.4 Å².